The van der Waals surface area contributed by atoms with E-state index in [0.29, 0.717) is 6.04 Å². The summed E-state index contributed by atoms with van der Waals surface area (Å²) in [6.45, 7) is 11.6. The monoisotopic (exact) mass is 287 g/mol. The van der Waals surface area contributed by atoms with Gasteiger partial charge in [0.2, 0.25) is 0 Å². The van der Waals surface area contributed by atoms with Crippen molar-refractivity contribution in [3.63, 3.8) is 0 Å². The molecule has 0 saturated carbocycles. The average Bonchev–Trinajstić information content (AvgIpc) is 2.65. The van der Waals surface area contributed by atoms with Crippen LogP contribution in [0.4, 0.5) is 5.69 Å². The molecule has 1 N–H and O–H groups in total. The van der Waals surface area contributed by atoms with Crippen molar-refractivity contribution in [1.82, 2.24) is 10.2 Å². The Hall–Kier alpha value is -1.06. The molecule has 2 aliphatic rings. The number of hydrogen-bond acceptors (Lipinski definition) is 3. The van der Waals surface area contributed by atoms with E-state index in [-0.39, 0.29) is 0 Å². The molecule has 0 spiro atoms. The van der Waals surface area contributed by atoms with Crippen molar-refractivity contribution in [3.8, 4) is 0 Å². The van der Waals surface area contributed by atoms with Crippen LogP contribution in [-0.2, 0) is 6.54 Å². The molecule has 1 aromatic rings. The molecule has 0 radical (unpaired) electrons. The third-order valence-electron chi connectivity index (χ3n) is 4.85. The summed E-state index contributed by atoms with van der Waals surface area (Å²) >= 11 is 0. The minimum Gasteiger partial charge on any atom is -0.368 e. The van der Waals surface area contributed by atoms with Gasteiger partial charge in [-0.3, -0.25) is 0 Å². The van der Waals surface area contributed by atoms with Crippen LogP contribution in [0.3, 0.4) is 0 Å². The van der Waals surface area contributed by atoms with Gasteiger partial charge in [-0.1, -0.05) is 24.1 Å². The molecule has 0 bridgehead atoms. The maximum atomic E-state index is 3.64. The fourth-order valence-electron chi connectivity index (χ4n) is 3.60. The highest BCUT2D eigenvalue weighted by Crippen LogP contribution is 2.25. The number of rotatable bonds is 3. The molecule has 21 heavy (non-hydrogen) atoms. The third-order valence-corrected chi connectivity index (χ3v) is 4.85. The Bertz CT molecular complexity index is 466. The van der Waals surface area contributed by atoms with Gasteiger partial charge < -0.3 is 15.1 Å². The lowest BCUT2D eigenvalue weighted by molar-refractivity contribution is 0.233. The largest absolute Gasteiger partial charge is 0.368 e. The summed E-state index contributed by atoms with van der Waals surface area (Å²) in [5.74, 6) is 0. The smallest absolute Gasteiger partial charge is 0.0413 e. The first-order valence-electron chi connectivity index (χ1n) is 8.52. The molecule has 2 aliphatic heterocycles. The van der Waals surface area contributed by atoms with E-state index in [1.165, 1.54) is 55.7 Å². The number of nitrogens with zero attached hydrogens (tertiary/aromatic N) is 2. The average molecular weight is 287 g/mol. The number of benzene rings is 1. The van der Waals surface area contributed by atoms with E-state index in [0.717, 1.165) is 19.6 Å². The molecule has 1 saturated heterocycles. The van der Waals surface area contributed by atoms with Crippen molar-refractivity contribution < 1.29 is 0 Å². The molecule has 0 amide bonds. The number of aryl methyl sites for hydroxylation is 1. The van der Waals surface area contributed by atoms with Gasteiger partial charge in [0.05, 0.1) is 0 Å². The van der Waals surface area contributed by atoms with Crippen molar-refractivity contribution in [3.05, 3.63) is 29.3 Å². The number of hydrogen-bond donors (Lipinski definition) is 1. The normalized spacial score (nSPS) is 23.7. The van der Waals surface area contributed by atoms with Crippen LogP contribution in [0.1, 0.15) is 37.3 Å². The number of piperidine rings is 1. The van der Waals surface area contributed by atoms with Gasteiger partial charge in [-0.2, -0.15) is 0 Å². The van der Waals surface area contributed by atoms with Gasteiger partial charge in [0.15, 0.2) is 0 Å². The molecule has 3 heteroatoms. The maximum absolute atomic E-state index is 3.64. The van der Waals surface area contributed by atoms with Crippen molar-refractivity contribution in [2.24, 2.45) is 0 Å². The fraction of sp³-hybridized carbons (Fsp3) is 0.667. The van der Waals surface area contributed by atoms with E-state index < -0.39 is 0 Å². The zero-order chi connectivity index (χ0) is 14.7. The lowest BCUT2D eigenvalue weighted by Gasteiger charge is -2.32. The van der Waals surface area contributed by atoms with E-state index in [1.54, 1.807) is 0 Å². The summed E-state index contributed by atoms with van der Waals surface area (Å²) in [5.41, 5.74) is 4.26. The molecule has 3 rings (SSSR count). The summed E-state index contributed by atoms with van der Waals surface area (Å²) in [4.78, 5) is 5.23. The SMILES string of the molecule is Cc1ccc2c(c1)CNC(C)CN2CCN1CCCCC1. The van der Waals surface area contributed by atoms with E-state index in [1.807, 2.05) is 0 Å². The molecule has 3 nitrogen and oxygen atoms in total. The second-order valence-corrected chi connectivity index (χ2v) is 6.76. The Morgan fingerprint density at radius 2 is 1.95 bits per heavy atom. The van der Waals surface area contributed by atoms with E-state index in [4.69, 9.17) is 0 Å². The van der Waals surface area contributed by atoms with Gasteiger partial charge in [-0.15, -0.1) is 0 Å². The first-order valence-corrected chi connectivity index (χ1v) is 8.52. The molecule has 1 fully saturated rings. The summed E-state index contributed by atoms with van der Waals surface area (Å²) in [6.07, 6.45) is 4.19. The number of anilines is 1. The topological polar surface area (TPSA) is 18.5 Å². The highest BCUT2D eigenvalue weighted by Gasteiger charge is 2.20. The Morgan fingerprint density at radius 3 is 2.76 bits per heavy atom. The van der Waals surface area contributed by atoms with Gasteiger partial charge in [-0.05, 0) is 51.4 Å². The van der Waals surface area contributed by atoms with Crippen LogP contribution < -0.4 is 10.2 Å². The minimum atomic E-state index is 0.555. The maximum Gasteiger partial charge on any atom is 0.0413 e. The van der Waals surface area contributed by atoms with Gasteiger partial charge >= 0.3 is 0 Å². The van der Waals surface area contributed by atoms with Crippen LogP contribution in [0.15, 0.2) is 18.2 Å². The predicted octanol–water partition coefficient (Wildman–Crippen LogP) is 2.78. The van der Waals surface area contributed by atoms with Gasteiger partial charge in [0.25, 0.3) is 0 Å². The van der Waals surface area contributed by atoms with Crippen LogP contribution in [0.25, 0.3) is 0 Å². The Kier molecular flexibility index (Phi) is 4.81. The first-order chi connectivity index (χ1) is 10.2. The quantitative estimate of drug-likeness (QED) is 0.922. The summed E-state index contributed by atoms with van der Waals surface area (Å²) in [7, 11) is 0. The number of fused-ring (bicyclic) bond motifs is 1. The number of nitrogens with one attached hydrogen (secondary N) is 1. The molecule has 1 atom stereocenters. The number of likely N-dealkylation sites (tertiary alicyclic amines) is 1. The van der Waals surface area contributed by atoms with E-state index in [9.17, 15) is 0 Å². The second kappa shape index (κ2) is 6.80. The van der Waals surface area contributed by atoms with E-state index in [2.05, 4.69) is 47.2 Å². The summed E-state index contributed by atoms with van der Waals surface area (Å²) in [5, 5.41) is 3.64. The molecule has 1 unspecified atom stereocenters. The fourth-order valence-corrected chi connectivity index (χ4v) is 3.60. The minimum absolute atomic E-state index is 0.555. The first kappa shape index (κ1) is 14.9. The van der Waals surface area contributed by atoms with Crippen LogP contribution in [0.5, 0.6) is 0 Å². The van der Waals surface area contributed by atoms with E-state index >= 15 is 0 Å². The van der Waals surface area contributed by atoms with Gasteiger partial charge in [0, 0.05) is 37.9 Å². The zero-order valence-electron chi connectivity index (χ0n) is 13.6. The third kappa shape index (κ3) is 3.78. The zero-order valence-corrected chi connectivity index (χ0v) is 13.6. The Balaban J connectivity index is 1.70. The molecule has 2 heterocycles. The van der Waals surface area contributed by atoms with Crippen molar-refractivity contribution in [2.45, 2.75) is 45.7 Å². The highest BCUT2D eigenvalue weighted by atomic mass is 15.2. The summed E-state index contributed by atoms with van der Waals surface area (Å²) < 4.78 is 0. The van der Waals surface area contributed by atoms with Crippen LogP contribution in [-0.4, -0.2) is 43.7 Å². The van der Waals surface area contributed by atoms with Crippen LogP contribution in [0.2, 0.25) is 0 Å². The molecule has 1 aromatic carbocycles. The lowest BCUT2D eigenvalue weighted by Crippen LogP contribution is -2.41. The van der Waals surface area contributed by atoms with Gasteiger partial charge in [0.1, 0.15) is 0 Å². The molecular weight excluding hydrogens is 258 g/mol. The molecular formula is C18H29N3. The lowest BCUT2D eigenvalue weighted by atomic mass is 10.1. The van der Waals surface area contributed by atoms with Crippen LogP contribution >= 0.6 is 0 Å². The highest BCUT2D eigenvalue weighted by molar-refractivity contribution is 5.56. The summed E-state index contributed by atoms with van der Waals surface area (Å²) in [6, 6.07) is 7.47. The Labute approximate surface area is 129 Å². The van der Waals surface area contributed by atoms with Crippen molar-refractivity contribution >= 4 is 5.69 Å². The molecule has 116 valence electrons. The Morgan fingerprint density at radius 1 is 1.14 bits per heavy atom. The second-order valence-electron chi connectivity index (χ2n) is 6.76. The van der Waals surface area contributed by atoms with Crippen molar-refractivity contribution in [2.75, 3.05) is 37.6 Å². The molecule has 0 aliphatic carbocycles. The van der Waals surface area contributed by atoms with Gasteiger partial charge in [-0.25, -0.2) is 0 Å². The molecule has 0 aromatic heterocycles. The van der Waals surface area contributed by atoms with Crippen LogP contribution in [0, 0.1) is 6.92 Å². The van der Waals surface area contributed by atoms with Crippen molar-refractivity contribution in [1.29, 1.82) is 0 Å². The standard InChI is InChI=1S/C18H29N3/c1-15-6-7-18-17(12-15)13-19-16(2)14-21(18)11-10-20-8-4-3-5-9-20/h6-7,12,16,19H,3-5,8-11,13-14H2,1-2H3. The predicted molar refractivity (Wildman–Crippen MR) is 90.0 cm³/mol.